The first kappa shape index (κ1) is 22.1. The van der Waals surface area contributed by atoms with E-state index in [1.165, 1.54) is 18.1 Å². The van der Waals surface area contributed by atoms with E-state index in [1.54, 1.807) is 6.92 Å². The van der Waals surface area contributed by atoms with Crippen LogP contribution in [0.2, 0.25) is 0 Å². The van der Waals surface area contributed by atoms with Crippen LogP contribution in [0.4, 0.5) is 0 Å². The van der Waals surface area contributed by atoms with Crippen molar-refractivity contribution < 1.29 is 37.8 Å². The van der Waals surface area contributed by atoms with Crippen LogP contribution in [0.1, 0.15) is 26.2 Å². The van der Waals surface area contributed by atoms with E-state index in [4.69, 9.17) is 14.5 Å². The first-order valence-electron chi connectivity index (χ1n) is 7.54. The van der Waals surface area contributed by atoms with Gasteiger partial charge < -0.3 is 19.8 Å². The first-order chi connectivity index (χ1) is 11.5. The summed E-state index contributed by atoms with van der Waals surface area (Å²) in [5.74, 6) is -0.517. The summed E-state index contributed by atoms with van der Waals surface area (Å²) in [6.45, 7) is 1.55. The number of carbonyl (C=O) groups excluding carboxylic acids is 2. The second-order valence-electron chi connectivity index (χ2n) is 5.82. The molecule has 0 saturated carbocycles. The van der Waals surface area contributed by atoms with Crippen molar-refractivity contribution in [2.75, 3.05) is 18.3 Å². The molecule has 0 aliphatic carbocycles. The minimum atomic E-state index is -4.51. The molecule has 0 bridgehead atoms. The van der Waals surface area contributed by atoms with Crippen molar-refractivity contribution in [2.45, 2.75) is 38.5 Å². The minimum Gasteiger partial charge on any atom is -0.355 e. The van der Waals surface area contributed by atoms with E-state index in [1.807, 2.05) is 0 Å². The van der Waals surface area contributed by atoms with Gasteiger partial charge in [-0.1, -0.05) is 0 Å². The van der Waals surface area contributed by atoms with Gasteiger partial charge in [-0.2, -0.15) is 10.6 Å². The largest absolute Gasteiger partial charge is 0.355 e. The fourth-order valence-electron chi connectivity index (χ4n) is 2.43. The molecule has 2 unspecified atom stereocenters. The lowest BCUT2D eigenvalue weighted by molar-refractivity contribution is -0.126. The molecule has 0 spiro atoms. The molecular weight excluding hydrogens is 375 g/mol. The zero-order valence-corrected chi connectivity index (χ0v) is 15.8. The number of carbonyl (C=O) groups is 2. The number of hydrogen-bond donors (Lipinski definition) is 5. The van der Waals surface area contributed by atoms with Crippen molar-refractivity contribution in [3.63, 3.8) is 0 Å². The molecule has 5 N–H and O–H groups in total. The molecule has 25 heavy (non-hydrogen) atoms. The summed E-state index contributed by atoms with van der Waals surface area (Å²) >= 11 is 0. The summed E-state index contributed by atoms with van der Waals surface area (Å²) in [6.07, 6.45) is 2.21. The SMILES string of the molecule is CNC(=O)/C(C)=C\N(C=O)C1CCC(CCS(O)(O)CP(=O)(O)O)O1. The van der Waals surface area contributed by atoms with Crippen LogP contribution in [-0.4, -0.2) is 66.7 Å². The second kappa shape index (κ2) is 9.13. The van der Waals surface area contributed by atoms with Gasteiger partial charge in [-0.25, -0.2) is 0 Å². The molecule has 2 atom stereocenters. The van der Waals surface area contributed by atoms with Crippen LogP contribution in [0.15, 0.2) is 11.8 Å². The topological polar surface area (TPSA) is 157 Å². The lowest BCUT2D eigenvalue weighted by Crippen LogP contribution is -2.31. The van der Waals surface area contributed by atoms with Gasteiger partial charge in [-0.05, 0) is 26.2 Å². The van der Waals surface area contributed by atoms with Gasteiger partial charge in [0.15, 0.2) is 0 Å². The Balaban J connectivity index is 2.58. The summed E-state index contributed by atoms with van der Waals surface area (Å²) in [5.41, 5.74) is -0.637. The molecule has 0 aromatic heterocycles. The Morgan fingerprint density at radius 1 is 1.40 bits per heavy atom. The van der Waals surface area contributed by atoms with E-state index >= 15 is 0 Å². The van der Waals surface area contributed by atoms with Crippen LogP contribution < -0.4 is 5.32 Å². The molecule has 12 heteroatoms. The standard InChI is InChI=1S/C13H25N2O8PS/c1-10(13(17)14-2)7-15(8-16)12-4-3-11(23-12)5-6-25(21,22)9-24(18,19)20/h7-8,11-12,21-22H,3-6,9H2,1-2H3,(H,14,17)(H2,18,19,20)/b10-7-. The lowest BCUT2D eigenvalue weighted by atomic mass is 10.2. The number of ether oxygens (including phenoxy) is 1. The highest BCUT2D eigenvalue weighted by Gasteiger charge is 2.31. The molecule has 1 aliphatic rings. The molecule has 1 aliphatic heterocycles. The van der Waals surface area contributed by atoms with E-state index in [-0.39, 0.29) is 24.2 Å². The molecule has 1 heterocycles. The third-order valence-corrected chi connectivity index (χ3v) is 7.50. The van der Waals surface area contributed by atoms with Crippen molar-refractivity contribution in [1.82, 2.24) is 10.2 Å². The molecule has 1 saturated heterocycles. The van der Waals surface area contributed by atoms with E-state index in [2.05, 4.69) is 5.32 Å². The number of nitrogens with one attached hydrogen (secondary N) is 1. The zero-order valence-electron chi connectivity index (χ0n) is 14.1. The third-order valence-electron chi connectivity index (χ3n) is 3.61. The van der Waals surface area contributed by atoms with Gasteiger partial charge in [0.2, 0.25) is 12.3 Å². The van der Waals surface area contributed by atoms with Crippen molar-refractivity contribution in [1.29, 1.82) is 0 Å². The van der Waals surface area contributed by atoms with Gasteiger partial charge in [0.25, 0.3) is 0 Å². The van der Waals surface area contributed by atoms with Gasteiger partial charge in [0, 0.05) is 24.6 Å². The van der Waals surface area contributed by atoms with Gasteiger partial charge in [0.1, 0.15) is 11.7 Å². The average molecular weight is 400 g/mol. The Labute approximate surface area is 147 Å². The van der Waals surface area contributed by atoms with Crippen LogP contribution in [-0.2, 0) is 18.9 Å². The van der Waals surface area contributed by atoms with E-state index in [0.29, 0.717) is 24.8 Å². The Bertz CT molecular complexity index is 564. The molecule has 1 fully saturated rings. The van der Waals surface area contributed by atoms with Crippen molar-refractivity contribution >= 4 is 30.5 Å². The number of amides is 2. The van der Waals surface area contributed by atoms with Crippen LogP contribution in [0.25, 0.3) is 0 Å². The van der Waals surface area contributed by atoms with Crippen LogP contribution in [0, 0.1) is 0 Å². The number of hydrogen-bond acceptors (Lipinski definition) is 6. The quantitative estimate of drug-likeness (QED) is 0.217. The van der Waals surface area contributed by atoms with Gasteiger partial charge >= 0.3 is 7.60 Å². The molecule has 1 rings (SSSR count). The van der Waals surface area contributed by atoms with Crippen LogP contribution in [0.3, 0.4) is 0 Å². The highest BCUT2D eigenvalue weighted by molar-refractivity contribution is 8.27. The maximum atomic E-state index is 11.5. The van der Waals surface area contributed by atoms with Crippen molar-refractivity contribution in [3.8, 4) is 0 Å². The highest BCUT2D eigenvalue weighted by atomic mass is 32.3. The molecule has 146 valence electrons. The Kier molecular flexibility index (Phi) is 8.07. The maximum Gasteiger partial charge on any atom is 0.344 e. The number of likely N-dealkylation sites (N-methyl/N-ethyl adjacent to an activating group) is 1. The minimum absolute atomic E-state index is 0.191. The molecular formula is C13H25N2O8PS. The van der Waals surface area contributed by atoms with E-state index in [0.717, 1.165) is 0 Å². The van der Waals surface area contributed by atoms with Crippen molar-refractivity contribution in [3.05, 3.63) is 11.8 Å². The summed E-state index contributed by atoms with van der Waals surface area (Å²) in [5, 5.41) is 2.44. The fraction of sp³-hybridized carbons (Fsp3) is 0.692. The molecule has 0 radical (unpaired) electrons. The van der Waals surface area contributed by atoms with Crippen LogP contribution in [0.5, 0.6) is 0 Å². The van der Waals surface area contributed by atoms with Gasteiger partial charge in [-0.15, -0.1) is 0 Å². The van der Waals surface area contributed by atoms with E-state index in [9.17, 15) is 23.3 Å². The fourth-order valence-corrected chi connectivity index (χ4v) is 5.74. The predicted octanol–water partition coefficient (Wildman–Crippen LogP) is 0.876. The number of rotatable bonds is 9. The molecule has 0 aromatic rings. The maximum absolute atomic E-state index is 11.5. The molecule has 10 nitrogen and oxygen atoms in total. The summed E-state index contributed by atoms with van der Waals surface area (Å²) in [4.78, 5) is 41.6. The molecule has 0 aromatic carbocycles. The Morgan fingerprint density at radius 2 is 2.04 bits per heavy atom. The van der Waals surface area contributed by atoms with Gasteiger partial charge in [-0.3, -0.25) is 28.2 Å². The second-order valence-corrected chi connectivity index (χ2v) is 10.2. The Morgan fingerprint density at radius 3 is 2.56 bits per heavy atom. The lowest BCUT2D eigenvalue weighted by Gasteiger charge is -2.33. The normalized spacial score (nSPS) is 22.6. The van der Waals surface area contributed by atoms with E-state index < -0.39 is 29.9 Å². The number of nitrogens with zero attached hydrogens (tertiary/aromatic N) is 1. The third kappa shape index (κ3) is 7.87. The smallest absolute Gasteiger partial charge is 0.344 e. The van der Waals surface area contributed by atoms with Crippen molar-refractivity contribution in [2.24, 2.45) is 0 Å². The highest BCUT2D eigenvalue weighted by Crippen LogP contribution is 2.53. The summed E-state index contributed by atoms with van der Waals surface area (Å²) < 4.78 is 36.0. The molecule has 2 amide bonds. The predicted molar refractivity (Wildman–Crippen MR) is 92.9 cm³/mol. The monoisotopic (exact) mass is 400 g/mol. The summed E-state index contributed by atoms with van der Waals surface area (Å²) in [7, 11) is -6.43. The average Bonchev–Trinajstić information content (AvgIpc) is 2.96. The zero-order chi connectivity index (χ0) is 19.3. The van der Waals surface area contributed by atoms with Crippen LogP contribution >= 0.6 is 18.2 Å². The summed E-state index contributed by atoms with van der Waals surface area (Å²) in [6, 6.07) is 0. The van der Waals surface area contributed by atoms with Gasteiger partial charge in [0.05, 0.1) is 6.10 Å². The Hall–Kier alpha value is -0.940. The first-order valence-corrected chi connectivity index (χ1v) is 11.2.